The monoisotopic (exact) mass is 1320 g/mol. The van der Waals surface area contributed by atoms with Crippen LogP contribution in [0, 0.1) is 19.0 Å². The number of hydrogen-bond acceptors (Lipinski definition) is 3. The molecule has 0 amide bonds. The second kappa shape index (κ2) is 20.6. The van der Waals surface area contributed by atoms with Gasteiger partial charge in [0.05, 0.1) is 54.7 Å². The quantitative estimate of drug-likeness (QED) is 0.0907. The molecular weight excluding hydrogens is 1240 g/mol. The summed E-state index contributed by atoms with van der Waals surface area (Å²) in [7, 11) is -5.83. The number of para-hydroxylation sites is 2. The van der Waals surface area contributed by atoms with Crippen LogP contribution in [-0.2, 0) is 20.1 Å². The van der Waals surface area contributed by atoms with Crippen molar-refractivity contribution in [1.82, 2.24) is 14.5 Å². The van der Waals surface area contributed by atoms with Crippen molar-refractivity contribution in [3.05, 3.63) is 199 Å². The van der Waals surface area contributed by atoms with E-state index in [9.17, 15) is 0 Å². The predicted molar refractivity (Wildman–Crippen MR) is 358 cm³/mol. The number of furan rings is 1. The van der Waals surface area contributed by atoms with Gasteiger partial charge in [0, 0.05) is 41.5 Å². The molecule has 4 nitrogen and oxygen atoms in total. The Morgan fingerprint density at radius 3 is 1.90 bits per heavy atom. The summed E-state index contributed by atoms with van der Waals surface area (Å²) in [6, 6.07) is 64.1. The maximum Gasteiger partial charge on any atom is 0.121 e. The molecule has 9 heteroatoms. The van der Waals surface area contributed by atoms with Crippen molar-refractivity contribution in [2.24, 2.45) is 0 Å². The zero-order chi connectivity index (χ0) is 59.0. The van der Waals surface area contributed by atoms with E-state index in [1.807, 2.05) is 65.1 Å². The largest absolute Gasteiger partial charge is 0.501 e. The third kappa shape index (κ3) is 9.31. The van der Waals surface area contributed by atoms with Crippen LogP contribution >= 0.6 is 0 Å². The molecule has 14 rings (SSSR count). The maximum atomic E-state index is 8.57. The number of aryl methyl sites for hydroxylation is 1. The van der Waals surface area contributed by atoms with Gasteiger partial charge in [-0.3, -0.25) is 4.98 Å². The van der Waals surface area contributed by atoms with Crippen LogP contribution < -0.4 is 20.7 Å². The number of aromatic nitrogens is 3. The number of benzene rings is 9. The zero-order valence-electron chi connectivity index (χ0n) is 52.3. The third-order valence-electron chi connectivity index (χ3n) is 17.9. The Kier molecular flexibility index (Phi) is 13.2. The van der Waals surface area contributed by atoms with E-state index in [2.05, 4.69) is 206 Å². The molecule has 9 aromatic carbocycles. The molecule has 0 bridgehead atoms. The van der Waals surface area contributed by atoms with E-state index >= 15 is 0 Å². The number of imidazole rings is 1. The number of pyridine rings is 1. The van der Waals surface area contributed by atoms with E-state index in [1.165, 1.54) is 39.2 Å². The molecule has 0 saturated carbocycles. The van der Waals surface area contributed by atoms with Crippen LogP contribution in [0.3, 0.4) is 0 Å². The molecule has 0 fully saturated rings. The van der Waals surface area contributed by atoms with Crippen LogP contribution in [-0.4, -0.2) is 46.8 Å². The van der Waals surface area contributed by atoms with Crippen molar-refractivity contribution in [3.8, 4) is 50.6 Å². The van der Waals surface area contributed by atoms with Crippen molar-refractivity contribution in [1.29, 1.82) is 0 Å². The number of fused-ring (bicyclic) bond motifs is 9. The van der Waals surface area contributed by atoms with Crippen molar-refractivity contribution in [2.75, 3.05) is 0 Å². The van der Waals surface area contributed by atoms with Gasteiger partial charge in [-0.15, -0.1) is 53.6 Å². The van der Waals surface area contributed by atoms with E-state index in [-0.39, 0.29) is 37.5 Å². The Balaban J connectivity index is 0.000000184. The Hall–Kier alpha value is -6.56. The first-order chi connectivity index (χ1) is 39.9. The second-order valence-corrected chi connectivity index (χ2v) is 46.3. The normalized spacial score (nSPS) is 16.2. The minimum atomic E-state index is -2.38. The molecule has 82 heavy (non-hydrogen) atoms. The molecule has 2 aliphatic heterocycles. The van der Waals surface area contributed by atoms with Gasteiger partial charge in [0.25, 0.3) is 0 Å². The van der Waals surface area contributed by atoms with Crippen LogP contribution in [0.5, 0.6) is 0 Å². The molecule has 5 heterocycles. The summed E-state index contributed by atoms with van der Waals surface area (Å²) in [6.07, 6.45) is 2.04. The molecule has 0 saturated heterocycles. The molecule has 0 spiro atoms. The number of nitrogens with zero attached hydrogens (tertiary/aromatic N) is 3. The van der Waals surface area contributed by atoms with Crippen molar-refractivity contribution in [3.63, 3.8) is 0 Å². The molecule has 413 valence electrons. The summed E-state index contributed by atoms with van der Waals surface area (Å²) < 4.78 is 34.8. The molecule has 3 aromatic heterocycles. The third-order valence-corrected chi connectivity index (χ3v) is 40.0. The topological polar surface area (TPSA) is 43.9 Å². The van der Waals surface area contributed by atoms with Gasteiger partial charge in [-0.05, 0) is 115 Å². The molecule has 1 radical (unpaired) electrons. The first-order valence-electron chi connectivity index (χ1n) is 30.5. The first kappa shape index (κ1) is 52.3. The van der Waals surface area contributed by atoms with Crippen molar-refractivity contribution < 1.29 is 28.6 Å². The number of rotatable bonds is 7. The second-order valence-electron chi connectivity index (χ2n) is 26.4. The average molecular weight is 1320 g/mol. The van der Waals surface area contributed by atoms with Gasteiger partial charge in [-0.25, -0.2) is 0 Å². The van der Waals surface area contributed by atoms with Crippen molar-refractivity contribution in [2.45, 2.75) is 110 Å². The Labute approximate surface area is 506 Å². The van der Waals surface area contributed by atoms with E-state index < -0.39 is 39.1 Å². The summed E-state index contributed by atoms with van der Waals surface area (Å²) >= 11 is 0. The molecule has 0 atom stereocenters. The molecule has 0 unspecified atom stereocenters. The zero-order valence-corrected chi connectivity index (χ0v) is 55.7. The fourth-order valence-electron chi connectivity index (χ4n) is 14.8. The molecule has 0 aliphatic carbocycles. The maximum absolute atomic E-state index is 8.57. The van der Waals surface area contributed by atoms with Gasteiger partial charge in [-0.1, -0.05) is 221 Å². The Bertz CT molecular complexity index is 4540. The summed E-state index contributed by atoms with van der Waals surface area (Å²) in [5.41, 5.74) is 17.8. The summed E-state index contributed by atoms with van der Waals surface area (Å²) in [5.74, 6) is 1.05. The fraction of sp³-hybridized carbons (Fsp3) is 0.233. The summed E-state index contributed by atoms with van der Waals surface area (Å²) in [4.78, 5) is 10.0. The minimum Gasteiger partial charge on any atom is -0.501 e. The van der Waals surface area contributed by atoms with Gasteiger partial charge in [0.15, 0.2) is 0 Å². The van der Waals surface area contributed by atoms with Crippen LogP contribution in [0.25, 0.3) is 105 Å². The SMILES string of the molecule is C[Si]1(C)C[Si](C)(C)c2c1cc1c(c2-c2ccnc(-c3[c-]cccc3)c2)[Si](C)(C)C[Si]1(C)C.[2H]C([2H])([2H])c1c[c-]c(-c2nc3ccccc3n2-c2c(C(C)C)cc(-c3ccccc3)cc2C(C)C)c2oc3cc4c(ccc5ccccc54)cc3c12.[Ir]. The minimum absolute atomic E-state index is 0. The summed E-state index contributed by atoms with van der Waals surface area (Å²) in [6.45, 7) is 27.7. The predicted octanol–water partition coefficient (Wildman–Crippen LogP) is 17.9. The van der Waals surface area contributed by atoms with E-state index in [0.29, 0.717) is 27.9 Å². The van der Waals surface area contributed by atoms with Crippen LogP contribution in [0.2, 0.25) is 63.7 Å². The van der Waals surface area contributed by atoms with Crippen LogP contribution in [0.15, 0.2) is 174 Å². The standard InChI is InChI=1S/C46H37N2O.C27H36NSi4.Ir/c1-27(2)36-24-33(30-13-7-6-8-14-30)25-37(28(3)4)44(36)48-41-18-12-11-17-40(41)47-46(48)35-22-19-29(5)43-39-23-32-21-20-31-15-9-10-16-34(31)38(32)26-42(39)49-45(35)43;1-29(2)18-31(5,6)26-23(29)17-24-27(32(7,8)19-30(24,3)4)25(26)21-14-15-28-22(16-21)20-12-10-9-11-13-20;/h6-21,23-28H,1-5H3;9-12,14-17H,18-19H2,1-8H3;/q2*-1;/i5D3;;. The van der Waals surface area contributed by atoms with Gasteiger partial charge in [-0.2, -0.15) is 0 Å². The van der Waals surface area contributed by atoms with Crippen molar-refractivity contribution >= 4 is 108 Å². The average Bonchev–Trinajstić information content (AvgIpc) is 2.06. The van der Waals surface area contributed by atoms with Crippen LogP contribution in [0.1, 0.15) is 60.3 Å². The molecule has 2 aliphatic rings. The van der Waals surface area contributed by atoms with Gasteiger partial charge in [0.1, 0.15) is 5.58 Å². The van der Waals surface area contributed by atoms with Gasteiger partial charge >= 0.3 is 0 Å². The van der Waals surface area contributed by atoms with Gasteiger partial charge in [0.2, 0.25) is 0 Å². The van der Waals surface area contributed by atoms with E-state index in [1.54, 1.807) is 22.0 Å². The Morgan fingerprint density at radius 1 is 0.585 bits per heavy atom. The fourth-order valence-corrected chi connectivity index (χ4v) is 45.9. The first-order valence-corrected chi connectivity index (χ1v) is 41.9. The Morgan fingerprint density at radius 2 is 1.23 bits per heavy atom. The number of hydrogen-bond donors (Lipinski definition) is 0. The molecule has 12 aromatic rings. The molecular formula is C73H73IrN3OSi4-2. The van der Waals surface area contributed by atoms with E-state index in [0.717, 1.165) is 54.9 Å². The van der Waals surface area contributed by atoms with Crippen LogP contribution in [0.4, 0.5) is 0 Å². The molecule has 0 N–H and O–H groups in total. The smallest absolute Gasteiger partial charge is 0.121 e. The van der Waals surface area contributed by atoms with E-state index in [4.69, 9.17) is 18.5 Å². The summed E-state index contributed by atoms with van der Waals surface area (Å²) in [5, 5.41) is 12.9. The van der Waals surface area contributed by atoms with Gasteiger partial charge < -0.3 is 14.0 Å².